The number of hydrogen-bond acceptors (Lipinski definition) is 4. The van der Waals surface area contributed by atoms with Crippen LogP contribution in [0.5, 0.6) is 0 Å². The number of hydrogen-bond donors (Lipinski definition) is 2. The highest BCUT2D eigenvalue weighted by molar-refractivity contribution is 7.15. The number of carbonyl (C=O) groups is 2. The number of nitrogens with zero attached hydrogens (tertiary/aromatic N) is 2. The third-order valence-electron chi connectivity index (χ3n) is 3.67. The van der Waals surface area contributed by atoms with E-state index >= 15 is 0 Å². The van der Waals surface area contributed by atoms with E-state index in [1.165, 1.54) is 7.05 Å². The van der Waals surface area contributed by atoms with Gasteiger partial charge in [0.1, 0.15) is 5.65 Å². The van der Waals surface area contributed by atoms with Crippen molar-refractivity contribution in [1.82, 2.24) is 14.9 Å². The second kappa shape index (κ2) is 6.21. The van der Waals surface area contributed by atoms with E-state index in [1.807, 2.05) is 30.5 Å². The van der Waals surface area contributed by atoms with E-state index in [4.69, 9.17) is 5.73 Å². The second-order valence-electron chi connectivity index (χ2n) is 5.16. The molecule has 6 nitrogen and oxygen atoms in total. The van der Waals surface area contributed by atoms with Crippen LogP contribution in [0.1, 0.15) is 11.3 Å². The zero-order chi connectivity index (χ0) is 16.4. The molecule has 0 aliphatic rings. The monoisotopic (exact) mass is 328 g/mol. The molecular formula is C16H16N4O2S. The molecule has 3 N–H and O–H groups in total. The minimum absolute atomic E-state index is 0.259. The van der Waals surface area contributed by atoms with Crippen molar-refractivity contribution in [1.29, 1.82) is 0 Å². The van der Waals surface area contributed by atoms with Crippen molar-refractivity contribution in [3.8, 4) is 10.4 Å². The number of pyridine rings is 1. The van der Waals surface area contributed by atoms with Crippen molar-refractivity contribution in [2.75, 3.05) is 7.05 Å². The Morgan fingerprint density at radius 2 is 2.17 bits per heavy atom. The summed E-state index contributed by atoms with van der Waals surface area (Å²) in [5, 5.41) is 1.07. The van der Waals surface area contributed by atoms with E-state index in [1.54, 1.807) is 17.5 Å². The van der Waals surface area contributed by atoms with Crippen LogP contribution in [0.4, 0.5) is 4.79 Å². The maximum atomic E-state index is 11.8. The minimum Gasteiger partial charge on any atom is -0.351 e. The summed E-state index contributed by atoms with van der Waals surface area (Å²) in [7, 11) is 1.39. The molecule has 0 saturated carbocycles. The first-order valence-electron chi connectivity index (χ1n) is 7.13. The Labute approximate surface area is 136 Å². The van der Waals surface area contributed by atoms with Gasteiger partial charge in [0.2, 0.25) is 5.91 Å². The lowest BCUT2D eigenvalue weighted by molar-refractivity contribution is -0.127. The zero-order valence-electron chi connectivity index (χ0n) is 12.6. The van der Waals surface area contributed by atoms with Crippen molar-refractivity contribution in [2.45, 2.75) is 12.8 Å². The molecule has 0 bridgehead atoms. The van der Waals surface area contributed by atoms with Crippen LogP contribution in [0.3, 0.4) is 0 Å². The highest BCUT2D eigenvalue weighted by Crippen LogP contribution is 2.33. The predicted molar refractivity (Wildman–Crippen MR) is 90.1 cm³/mol. The summed E-state index contributed by atoms with van der Waals surface area (Å²) in [6.07, 6.45) is 4.54. The number of thiophene rings is 1. The van der Waals surface area contributed by atoms with Gasteiger partial charge in [0.05, 0.1) is 0 Å². The number of primary amides is 1. The fraction of sp³-hybridized carbons (Fsp3) is 0.188. The van der Waals surface area contributed by atoms with Gasteiger partial charge < -0.3 is 10.7 Å². The van der Waals surface area contributed by atoms with E-state index in [9.17, 15) is 9.59 Å². The maximum absolute atomic E-state index is 11.8. The van der Waals surface area contributed by atoms with Gasteiger partial charge in [-0.3, -0.25) is 9.69 Å². The first-order chi connectivity index (χ1) is 11.1. The molecule has 0 aliphatic carbocycles. The molecular weight excluding hydrogens is 312 g/mol. The highest BCUT2D eigenvalue weighted by Gasteiger charge is 2.14. The van der Waals surface area contributed by atoms with Gasteiger partial charge in [-0.2, -0.15) is 0 Å². The summed E-state index contributed by atoms with van der Waals surface area (Å²) in [5.74, 6) is -0.274. The molecule has 3 heterocycles. The predicted octanol–water partition coefficient (Wildman–Crippen LogP) is 2.76. The Bertz CT molecular complexity index is 868. The van der Waals surface area contributed by atoms with Crippen LogP contribution in [0, 0.1) is 0 Å². The Hall–Kier alpha value is -2.67. The number of amides is 3. The maximum Gasteiger partial charge on any atom is 0.321 e. The molecule has 3 amide bonds. The molecule has 0 fully saturated rings. The number of nitrogens with two attached hydrogens (primary N) is 1. The molecule has 0 atom stereocenters. The Morgan fingerprint density at radius 3 is 2.96 bits per heavy atom. The van der Waals surface area contributed by atoms with Crippen LogP contribution < -0.4 is 5.73 Å². The highest BCUT2D eigenvalue weighted by atomic mass is 32.1. The Balaban J connectivity index is 1.74. The van der Waals surface area contributed by atoms with Crippen LogP contribution >= 0.6 is 11.3 Å². The zero-order valence-corrected chi connectivity index (χ0v) is 13.4. The van der Waals surface area contributed by atoms with Crippen molar-refractivity contribution < 1.29 is 9.59 Å². The number of aryl methyl sites for hydroxylation is 1. The largest absolute Gasteiger partial charge is 0.351 e. The average Bonchev–Trinajstić information content (AvgIpc) is 3.18. The van der Waals surface area contributed by atoms with E-state index in [2.05, 4.69) is 9.97 Å². The van der Waals surface area contributed by atoms with Gasteiger partial charge in [0.15, 0.2) is 0 Å². The molecule has 118 valence electrons. The summed E-state index contributed by atoms with van der Waals surface area (Å²) < 4.78 is 0. The van der Waals surface area contributed by atoms with Gasteiger partial charge in [-0.25, -0.2) is 9.78 Å². The molecule has 0 unspecified atom stereocenters. The molecule has 3 aromatic rings. The van der Waals surface area contributed by atoms with Crippen LogP contribution in [-0.4, -0.2) is 33.9 Å². The lowest BCUT2D eigenvalue weighted by atomic mass is 10.2. The number of imide groups is 1. The molecule has 0 aliphatic heterocycles. The first kappa shape index (κ1) is 15.2. The third kappa shape index (κ3) is 3.09. The smallest absolute Gasteiger partial charge is 0.321 e. The summed E-state index contributed by atoms with van der Waals surface area (Å²) >= 11 is 1.63. The number of fused-ring (bicyclic) bond motifs is 1. The van der Waals surface area contributed by atoms with Gasteiger partial charge in [0, 0.05) is 46.6 Å². The van der Waals surface area contributed by atoms with Gasteiger partial charge in [-0.15, -0.1) is 11.3 Å². The lowest BCUT2D eigenvalue weighted by Crippen LogP contribution is -2.37. The second-order valence-corrected chi connectivity index (χ2v) is 6.33. The molecule has 3 aromatic heterocycles. The van der Waals surface area contributed by atoms with Crippen LogP contribution in [-0.2, 0) is 11.2 Å². The van der Waals surface area contributed by atoms with Crippen molar-refractivity contribution in [3.63, 3.8) is 0 Å². The average molecular weight is 328 g/mol. The quantitative estimate of drug-likeness (QED) is 0.771. The summed E-state index contributed by atoms with van der Waals surface area (Å²) in [5.41, 5.74) is 7.05. The summed E-state index contributed by atoms with van der Waals surface area (Å²) in [4.78, 5) is 33.3. The van der Waals surface area contributed by atoms with Crippen molar-refractivity contribution in [3.05, 3.63) is 41.5 Å². The Kier molecular flexibility index (Phi) is 4.12. The van der Waals surface area contributed by atoms with Gasteiger partial charge >= 0.3 is 6.03 Å². The van der Waals surface area contributed by atoms with Crippen molar-refractivity contribution >= 4 is 34.3 Å². The fourth-order valence-electron chi connectivity index (χ4n) is 2.34. The van der Waals surface area contributed by atoms with Crippen LogP contribution in [0.25, 0.3) is 21.5 Å². The number of aromatic amines is 1. The van der Waals surface area contributed by atoms with Crippen LogP contribution in [0.2, 0.25) is 0 Å². The van der Waals surface area contributed by atoms with E-state index in [-0.39, 0.29) is 12.3 Å². The molecule has 0 spiro atoms. The lowest BCUT2D eigenvalue weighted by Gasteiger charge is -2.11. The van der Waals surface area contributed by atoms with E-state index in [0.717, 1.165) is 31.3 Å². The molecule has 3 rings (SSSR count). The topological polar surface area (TPSA) is 92.1 Å². The number of nitrogens with one attached hydrogen (secondary N) is 1. The minimum atomic E-state index is -0.729. The third-order valence-corrected chi connectivity index (χ3v) is 4.85. The SMILES string of the molecule is CN(C(N)=O)C(=O)CCc1ccc(-c2c[nH]c3ncccc23)s1. The number of rotatable bonds is 4. The normalized spacial score (nSPS) is 10.8. The van der Waals surface area contributed by atoms with Crippen LogP contribution in [0.15, 0.2) is 36.7 Å². The molecule has 0 radical (unpaired) electrons. The molecule has 7 heteroatoms. The van der Waals surface area contributed by atoms with E-state index in [0.29, 0.717) is 6.42 Å². The van der Waals surface area contributed by atoms with Gasteiger partial charge in [0.25, 0.3) is 0 Å². The Morgan fingerprint density at radius 1 is 1.35 bits per heavy atom. The number of H-pyrrole nitrogens is 1. The first-order valence-corrected chi connectivity index (χ1v) is 7.95. The summed E-state index contributed by atoms with van der Waals surface area (Å²) in [6.45, 7) is 0. The number of urea groups is 1. The standard InChI is InChI=1S/C16H16N4O2S/c1-20(16(17)22)14(21)7-5-10-4-6-13(23-10)12-9-19-15-11(12)3-2-8-18-15/h2-4,6,8-9H,5,7H2,1H3,(H2,17,22)(H,18,19). The van der Waals surface area contributed by atoms with Crippen molar-refractivity contribution in [2.24, 2.45) is 5.73 Å². The van der Waals surface area contributed by atoms with Gasteiger partial charge in [-0.05, 0) is 30.7 Å². The summed E-state index contributed by atoms with van der Waals surface area (Å²) in [6, 6.07) is 7.25. The van der Waals surface area contributed by atoms with Gasteiger partial charge in [-0.1, -0.05) is 0 Å². The van der Waals surface area contributed by atoms with E-state index < -0.39 is 6.03 Å². The number of aromatic nitrogens is 2. The molecule has 0 aromatic carbocycles. The fourth-order valence-corrected chi connectivity index (χ4v) is 3.38. The molecule has 0 saturated heterocycles. The number of carbonyl (C=O) groups excluding carboxylic acids is 2. The molecule has 23 heavy (non-hydrogen) atoms.